The van der Waals surface area contributed by atoms with E-state index in [0.717, 1.165) is 14.5 Å². The van der Waals surface area contributed by atoms with E-state index in [9.17, 15) is 4.79 Å². The molecule has 0 aliphatic heterocycles. The van der Waals surface area contributed by atoms with E-state index >= 15 is 0 Å². The molecule has 1 saturated carbocycles. The lowest BCUT2D eigenvalue weighted by molar-refractivity contribution is -0.115. The van der Waals surface area contributed by atoms with Gasteiger partial charge in [0, 0.05) is 16.5 Å². The summed E-state index contributed by atoms with van der Waals surface area (Å²) in [5, 5.41) is 0.722. The number of ketones is 1. The number of Topliss-reactive ketones (excluding diaryl/α,β-unsaturated/α-hetero) is 1. The van der Waals surface area contributed by atoms with Crippen molar-refractivity contribution in [3.63, 3.8) is 0 Å². The molecule has 94 valence electrons. The van der Waals surface area contributed by atoms with Gasteiger partial charge in [0.25, 0.3) is 0 Å². The highest BCUT2D eigenvalue weighted by Crippen LogP contribution is 2.28. The van der Waals surface area contributed by atoms with E-state index in [1.54, 1.807) is 0 Å². The van der Waals surface area contributed by atoms with Crippen molar-refractivity contribution >= 4 is 40.5 Å². The molecule has 0 radical (unpaired) electrons. The van der Waals surface area contributed by atoms with Crippen LogP contribution in [0.3, 0.4) is 0 Å². The molecule has 1 nitrogen and oxygen atoms in total. The van der Waals surface area contributed by atoms with E-state index in [1.165, 1.54) is 43.4 Å². The zero-order valence-corrected chi connectivity index (χ0v) is 12.2. The molecule has 0 unspecified atom stereocenters. The standard InChI is InChI=1S/C13H17ClOS2/c14-13-7-6-12(17-13)8-10(15)9-16-11-4-2-1-3-5-11/h6-7,11H,1-5,8-9H2. The summed E-state index contributed by atoms with van der Waals surface area (Å²) in [5.41, 5.74) is 0. The Balaban J connectivity index is 1.70. The van der Waals surface area contributed by atoms with Gasteiger partial charge in [-0.2, -0.15) is 11.8 Å². The molecule has 1 fully saturated rings. The lowest BCUT2D eigenvalue weighted by Crippen LogP contribution is -2.13. The monoisotopic (exact) mass is 288 g/mol. The van der Waals surface area contributed by atoms with Crippen LogP contribution in [0.5, 0.6) is 0 Å². The van der Waals surface area contributed by atoms with Crippen molar-refractivity contribution in [1.29, 1.82) is 0 Å². The Labute approximate surface area is 116 Å². The van der Waals surface area contributed by atoms with Crippen molar-refractivity contribution in [2.45, 2.75) is 43.8 Å². The Morgan fingerprint density at radius 1 is 1.35 bits per heavy atom. The second kappa shape index (κ2) is 6.81. The number of rotatable bonds is 5. The molecular weight excluding hydrogens is 272 g/mol. The molecule has 0 aromatic carbocycles. The molecule has 0 bridgehead atoms. The van der Waals surface area contributed by atoms with Crippen LogP contribution < -0.4 is 0 Å². The van der Waals surface area contributed by atoms with Crippen LogP contribution in [0.1, 0.15) is 37.0 Å². The van der Waals surface area contributed by atoms with E-state index in [2.05, 4.69) is 0 Å². The molecule has 17 heavy (non-hydrogen) atoms. The van der Waals surface area contributed by atoms with Crippen molar-refractivity contribution in [3.05, 3.63) is 21.3 Å². The third kappa shape index (κ3) is 4.65. The van der Waals surface area contributed by atoms with E-state index < -0.39 is 0 Å². The zero-order chi connectivity index (χ0) is 12.1. The van der Waals surface area contributed by atoms with Gasteiger partial charge in [0.2, 0.25) is 0 Å². The summed E-state index contributed by atoms with van der Waals surface area (Å²) >= 11 is 9.21. The maximum absolute atomic E-state index is 11.8. The fourth-order valence-corrected chi connectivity index (χ4v) is 4.44. The Hall–Kier alpha value is 0.01000. The van der Waals surface area contributed by atoms with Crippen molar-refractivity contribution in [2.75, 3.05) is 5.75 Å². The third-order valence-corrected chi connectivity index (χ3v) is 5.70. The van der Waals surface area contributed by atoms with Gasteiger partial charge >= 0.3 is 0 Å². The zero-order valence-electron chi connectivity index (χ0n) is 9.78. The number of carbonyl (C=O) groups excluding carboxylic acids is 1. The van der Waals surface area contributed by atoms with Gasteiger partial charge in [-0.15, -0.1) is 11.3 Å². The summed E-state index contributed by atoms with van der Waals surface area (Å²) in [4.78, 5) is 12.9. The highest BCUT2D eigenvalue weighted by Gasteiger charge is 2.15. The van der Waals surface area contributed by atoms with Crippen molar-refractivity contribution in [3.8, 4) is 0 Å². The van der Waals surface area contributed by atoms with Crippen molar-refractivity contribution in [2.24, 2.45) is 0 Å². The van der Waals surface area contributed by atoms with Gasteiger partial charge in [0.1, 0.15) is 5.78 Å². The number of thiophene rings is 1. The lowest BCUT2D eigenvalue weighted by atomic mass is 10.0. The molecule has 4 heteroatoms. The van der Waals surface area contributed by atoms with Gasteiger partial charge in [-0.3, -0.25) is 4.79 Å². The first-order chi connectivity index (χ1) is 8.24. The first-order valence-electron chi connectivity index (χ1n) is 6.11. The molecule has 0 saturated heterocycles. The first-order valence-corrected chi connectivity index (χ1v) is 8.36. The Kier molecular flexibility index (Phi) is 5.39. The molecule has 1 aliphatic rings. The predicted octanol–water partition coefficient (Wildman–Crippen LogP) is 4.58. The predicted molar refractivity (Wildman–Crippen MR) is 77.4 cm³/mol. The number of hydrogen-bond donors (Lipinski definition) is 0. The van der Waals surface area contributed by atoms with E-state index in [4.69, 9.17) is 11.6 Å². The van der Waals surface area contributed by atoms with Crippen LogP contribution in [-0.2, 0) is 11.2 Å². The van der Waals surface area contributed by atoms with Crippen LogP contribution >= 0.6 is 34.7 Å². The van der Waals surface area contributed by atoms with Gasteiger partial charge in [0.15, 0.2) is 0 Å². The molecule has 1 aromatic rings. The number of carbonyl (C=O) groups is 1. The Bertz CT molecular complexity index is 369. The normalized spacial score (nSPS) is 17.2. The highest BCUT2D eigenvalue weighted by molar-refractivity contribution is 8.00. The minimum absolute atomic E-state index is 0.332. The molecule has 1 aromatic heterocycles. The van der Waals surface area contributed by atoms with E-state index in [-0.39, 0.29) is 0 Å². The number of thioether (sulfide) groups is 1. The summed E-state index contributed by atoms with van der Waals surface area (Å²) in [7, 11) is 0. The highest BCUT2D eigenvalue weighted by atomic mass is 35.5. The van der Waals surface area contributed by atoms with Crippen molar-refractivity contribution < 1.29 is 4.79 Å². The SMILES string of the molecule is O=C(CSC1CCCCC1)Cc1ccc(Cl)s1. The third-order valence-electron chi connectivity index (χ3n) is 3.03. The molecule has 0 spiro atoms. The van der Waals surface area contributed by atoms with Gasteiger partial charge in [-0.25, -0.2) is 0 Å². The van der Waals surface area contributed by atoms with Crippen LogP contribution in [0, 0.1) is 0 Å². The maximum atomic E-state index is 11.8. The van der Waals surface area contributed by atoms with Crippen LogP contribution in [0.25, 0.3) is 0 Å². The summed E-state index contributed by atoms with van der Waals surface area (Å²) in [6.07, 6.45) is 7.19. The average molecular weight is 289 g/mol. The fourth-order valence-electron chi connectivity index (χ4n) is 2.13. The quantitative estimate of drug-likeness (QED) is 0.789. The molecular formula is C13H17ClOS2. The van der Waals surface area contributed by atoms with Crippen LogP contribution in [0.2, 0.25) is 4.34 Å². The molecule has 2 rings (SSSR count). The fraction of sp³-hybridized carbons (Fsp3) is 0.615. The second-order valence-electron chi connectivity index (χ2n) is 4.49. The summed E-state index contributed by atoms with van der Waals surface area (Å²) in [6, 6.07) is 3.82. The minimum atomic E-state index is 0.332. The van der Waals surface area contributed by atoms with E-state index in [0.29, 0.717) is 18.0 Å². The van der Waals surface area contributed by atoms with Gasteiger partial charge in [0.05, 0.1) is 10.1 Å². The minimum Gasteiger partial charge on any atom is -0.298 e. The van der Waals surface area contributed by atoms with Crippen LogP contribution in [0.15, 0.2) is 12.1 Å². The molecule has 1 aliphatic carbocycles. The van der Waals surface area contributed by atoms with Crippen LogP contribution in [-0.4, -0.2) is 16.8 Å². The van der Waals surface area contributed by atoms with E-state index in [1.807, 2.05) is 23.9 Å². The first kappa shape index (κ1) is 13.4. The summed E-state index contributed by atoms with van der Waals surface area (Å²) < 4.78 is 0.771. The summed E-state index contributed by atoms with van der Waals surface area (Å²) in [5.74, 6) is 0.999. The maximum Gasteiger partial charge on any atom is 0.147 e. The van der Waals surface area contributed by atoms with Gasteiger partial charge in [-0.05, 0) is 25.0 Å². The number of halogens is 1. The largest absolute Gasteiger partial charge is 0.298 e. The summed E-state index contributed by atoms with van der Waals surface area (Å²) in [6.45, 7) is 0. The molecule has 0 amide bonds. The van der Waals surface area contributed by atoms with Crippen molar-refractivity contribution in [1.82, 2.24) is 0 Å². The molecule has 0 atom stereocenters. The second-order valence-corrected chi connectivity index (χ2v) is 7.58. The lowest BCUT2D eigenvalue weighted by Gasteiger charge is -2.20. The van der Waals surface area contributed by atoms with Crippen LogP contribution in [0.4, 0.5) is 0 Å². The Morgan fingerprint density at radius 2 is 2.12 bits per heavy atom. The molecule has 1 heterocycles. The number of hydrogen-bond acceptors (Lipinski definition) is 3. The smallest absolute Gasteiger partial charge is 0.147 e. The Morgan fingerprint density at radius 3 is 2.76 bits per heavy atom. The van der Waals surface area contributed by atoms with Gasteiger partial charge < -0.3 is 0 Å². The topological polar surface area (TPSA) is 17.1 Å². The average Bonchev–Trinajstić information content (AvgIpc) is 2.73. The molecule has 0 N–H and O–H groups in total. The van der Waals surface area contributed by atoms with Gasteiger partial charge in [-0.1, -0.05) is 30.9 Å².